The number of anilines is 2. The maximum Gasteiger partial charge on any atom is 0.418 e. The van der Waals surface area contributed by atoms with Crippen molar-refractivity contribution in [3.8, 4) is 17.9 Å². The summed E-state index contributed by atoms with van der Waals surface area (Å²) >= 11 is 0. The minimum absolute atomic E-state index is 0.0366. The van der Waals surface area contributed by atoms with E-state index >= 15 is 4.39 Å². The number of rotatable bonds is 5. The van der Waals surface area contributed by atoms with Gasteiger partial charge < -0.3 is 20.1 Å². The van der Waals surface area contributed by atoms with Crippen LogP contribution in [0.25, 0.3) is 0 Å². The van der Waals surface area contributed by atoms with Gasteiger partial charge in [-0.05, 0) is 51.6 Å². The van der Waals surface area contributed by atoms with Gasteiger partial charge in [-0.25, -0.2) is 9.11 Å². The highest BCUT2D eigenvalue weighted by atomic mass is 32.2. The predicted octanol–water partition coefficient (Wildman–Crippen LogP) is 3.35. The monoisotopic (exact) mass is 691 g/mol. The van der Waals surface area contributed by atoms with Gasteiger partial charge in [0.1, 0.15) is 12.4 Å². The van der Waals surface area contributed by atoms with E-state index < -0.39 is 56.2 Å². The number of nitrogens with two attached hydrogens (primary N) is 1. The number of benzene rings is 1. The van der Waals surface area contributed by atoms with Gasteiger partial charge in [-0.2, -0.15) is 36.3 Å². The maximum atomic E-state index is 15.6. The fourth-order valence-corrected chi connectivity index (χ4v) is 9.41. The van der Waals surface area contributed by atoms with Gasteiger partial charge in [0.15, 0.2) is 5.82 Å². The van der Waals surface area contributed by atoms with Gasteiger partial charge in [0.05, 0.1) is 40.7 Å². The molecule has 4 fully saturated rings. The Kier molecular flexibility index (Phi) is 8.14. The van der Waals surface area contributed by atoms with E-state index in [-0.39, 0.29) is 37.7 Å². The Bertz CT molecular complexity index is 1850. The lowest BCUT2D eigenvalue weighted by atomic mass is 9.89. The van der Waals surface area contributed by atoms with Crippen molar-refractivity contribution in [2.45, 2.75) is 75.4 Å². The van der Waals surface area contributed by atoms with Crippen molar-refractivity contribution in [1.29, 1.82) is 0 Å². The number of hydrogen-bond donors (Lipinski definition) is 3. The number of ether oxygens (including phenoxy) is 2. The Labute approximate surface area is 276 Å². The van der Waals surface area contributed by atoms with Crippen LogP contribution in [0.1, 0.15) is 73.1 Å². The number of nitrogen functional groups attached to an aromatic ring is 1. The van der Waals surface area contributed by atoms with E-state index in [4.69, 9.17) is 20.2 Å². The quantitative estimate of drug-likeness (QED) is 0.187. The van der Waals surface area contributed by atoms with Gasteiger partial charge in [-0.3, -0.25) is 4.90 Å². The summed E-state index contributed by atoms with van der Waals surface area (Å²) in [5, 5.41) is 0. The summed E-state index contributed by atoms with van der Waals surface area (Å²) in [6.07, 6.45) is -2.58. The maximum absolute atomic E-state index is 15.6. The first-order valence-electron chi connectivity index (χ1n) is 15.9. The van der Waals surface area contributed by atoms with Crippen molar-refractivity contribution in [3.63, 3.8) is 0 Å². The molecule has 5 aliphatic rings. The van der Waals surface area contributed by atoms with Crippen LogP contribution in [0, 0.1) is 17.7 Å². The molecule has 1 spiro atoms. The van der Waals surface area contributed by atoms with Gasteiger partial charge in [0.2, 0.25) is 0 Å². The van der Waals surface area contributed by atoms with Crippen molar-refractivity contribution in [2.24, 2.45) is 0 Å². The van der Waals surface area contributed by atoms with E-state index in [0.717, 1.165) is 44.0 Å². The third-order valence-electron chi connectivity index (χ3n) is 10.1. The Morgan fingerprint density at radius 2 is 2.04 bits per heavy atom. The fourth-order valence-electron chi connectivity index (χ4n) is 8.06. The summed E-state index contributed by atoms with van der Waals surface area (Å²) in [7, 11) is -3.65. The van der Waals surface area contributed by atoms with Crippen LogP contribution in [-0.2, 0) is 34.2 Å². The molecule has 3 atom stereocenters. The van der Waals surface area contributed by atoms with Crippen LogP contribution in [0.3, 0.4) is 0 Å². The number of alkyl halides is 3. The summed E-state index contributed by atoms with van der Waals surface area (Å²) < 4.78 is 101. The summed E-state index contributed by atoms with van der Waals surface area (Å²) in [4.78, 5) is 13.8. The minimum Gasteiger partial charge on any atom is -0.461 e. The van der Waals surface area contributed by atoms with E-state index in [9.17, 15) is 21.6 Å². The number of fused-ring (bicyclic) bond motifs is 2. The number of aromatic nitrogens is 2. The van der Waals surface area contributed by atoms with Crippen LogP contribution in [0.5, 0.6) is 6.01 Å². The van der Waals surface area contributed by atoms with Crippen molar-refractivity contribution < 1.29 is 35.5 Å². The number of halogens is 4. The molecule has 4 N–H and O–H groups in total. The van der Waals surface area contributed by atoms with Crippen molar-refractivity contribution in [3.05, 3.63) is 52.0 Å². The molecule has 1 aromatic heterocycles. The highest BCUT2D eigenvalue weighted by Gasteiger charge is 2.48. The minimum atomic E-state index is -4.94. The summed E-state index contributed by atoms with van der Waals surface area (Å²) in [6, 6.07) is 0.928. The smallest absolute Gasteiger partial charge is 0.418 e. The summed E-state index contributed by atoms with van der Waals surface area (Å²) in [6.45, 7) is 8.36. The number of hydrogen-bond acceptors (Lipinski definition) is 9. The Balaban J connectivity index is 1.28. The van der Waals surface area contributed by atoms with Crippen LogP contribution in [-0.4, -0.2) is 73.7 Å². The molecule has 1 aromatic carbocycles. The second-order valence-corrected chi connectivity index (χ2v) is 14.9. The zero-order chi connectivity index (χ0) is 34.1. The van der Waals surface area contributed by atoms with Crippen LogP contribution in [0.4, 0.5) is 29.1 Å². The Morgan fingerprint density at radius 1 is 1.25 bits per heavy atom. The zero-order valence-corrected chi connectivity index (χ0v) is 27.3. The van der Waals surface area contributed by atoms with E-state index in [2.05, 4.69) is 37.7 Å². The molecule has 6 heterocycles. The molecular formula is C32H37F4N7O4S. The molecular weight excluding hydrogens is 654 g/mol. The van der Waals surface area contributed by atoms with Crippen LogP contribution in [0.15, 0.2) is 18.2 Å². The van der Waals surface area contributed by atoms with Gasteiger partial charge in [-0.15, -0.1) is 5.92 Å². The highest BCUT2D eigenvalue weighted by molar-refractivity contribution is 7.87. The van der Waals surface area contributed by atoms with E-state index in [1.165, 1.54) is 6.92 Å². The third-order valence-corrected chi connectivity index (χ3v) is 11.3. The normalized spacial score (nSPS) is 28.3. The van der Waals surface area contributed by atoms with Crippen LogP contribution in [0.2, 0.25) is 0 Å². The fraction of sp³-hybridized carbons (Fsp3) is 0.562. The van der Waals surface area contributed by atoms with Crippen molar-refractivity contribution in [1.82, 2.24) is 24.3 Å². The molecule has 0 saturated carbocycles. The number of nitrogens with one attached hydrogen (secondary N) is 2. The first-order valence-corrected chi connectivity index (χ1v) is 17.4. The average molecular weight is 692 g/mol. The molecule has 16 heteroatoms. The summed E-state index contributed by atoms with van der Waals surface area (Å²) in [5.41, 5.74) is 3.97. The SMILES string of the molecule is C=C1CN2CCC[C@@]2(COc2nc3c(c(N4CCCC5(CNS(=O)(=O)N5)C4)n2)COC(c2c(F)c(N)cc(C#CC)c2C(F)(F)F)C3)C1. The molecule has 0 bridgehead atoms. The van der Waals surface area contributed by atoms with Crippen LogP contribution < -0.4 is 24.8 Å². The van der Waals surface area contributed by atoms with Crippen molar-refractivity contribution >= 4 is 21.7 Å². The molecule has 11 nitrogen and oxygen atoms in total. The average Bonchev–Trinajstić information content (AvgIpc) is 3.65. The lowest BCUT2D eigenvalue weighted by Gasteiger charge is -2.41. The number of piperidine rings is 1. The van der Waals surface area contributed by atoms with Crippen LogP contribution >= 0.6 is 0 Å². The topological polar surface area (TPSA) is 135 Å². The molecule has 4 saturated heterocycles. The lowest BCUT2D eigenvalue weighted by Crippen LogP contribution is -2.56. The second kappa shape index (κ2) is 11.8. The van der Waals surface area contributed by atoms with Crippen molar-refractivity contribution in [2.75, 3.05) is 50.0 Å². The van der Waals surface area contributed by atoms with Gasteiger partial charge in [-0.1, -0.05) is 18.1 Å². The Hall–Kier alpha value is -3.49. The molecule has 48 heavy (non-hydrogen) atoms. The zero-order valence-electron chi connectivity index (χ0n) is 26.5. The highest BCUT2D eigenvalue weighted by Crippen LogP contribution is 2.45. The largest absolute Gasteiger partial charge is 0.461 e. The van der Waals surface area contributed by atoms with E-state index in [1.807, 2.05) is 4.90 Å². The molecule has 7 rings (SSSR count). The summed E-state index contributed by atoms with van der Waals surface area (Å²) in [5.74, 6) is 4.09. The molecule has 0 radical (unpaired) electrons. The van der Waals surface area contributed by atoms with Gasteiger partial charge in [0.25, 0.3) is 10.2 Å². The van der Waals surface area contributed by atoms with E-state index in [1.54, 1.807) is 0 Å². The predicted molar refractivity (Wildman–Crippen MR) is 169 cm³/mol. The molecule has 0 aliphatic carbocycles. The number of nitrogens with zero attached hydrogens (tertiary/aromatic N) is 4. The van der Waals surface area contributed by atoms with Gasteiger partial charge >= 0.3 is 12.2 Å². The van der Waals surface area contributed by atoms with Gasteiger partial charge in [0, 0.05) is 49.3 Å². The molecule has 2 aromatic rings. The Morgan fingerprint density at radius 3 is 2.77 bits per heavy atom. The second-order valence-electron chi connectivity index (χ2n) is 13.4. The molecule has 0 amide bonds. The lowest BCUT2D eigenvalue weighted by molar-refractivity contribution is -0.140. The first kappa shape index (κ1) is 33.0. The molecule has 5 aliphatic heterocycles. The molecule has 2 unspecified atom stereocenters. The van der Waals surface area contributed by atoms with E-state index in [0.29, 0.717) is 43.1 Å². The third kappa shape index (κ3) is 5.89. The first-order chi connectivity index (χ1) is 22.7. The standard InChI is InChI=1S/C32H37F4N7O4S/c1-3-6-20-11-22(37)27(33)25(26(20)32(34,35)36)24-12-23-21(15-46-24)28(42-9-4-7-30(17-42)16-38-48(44,45)41-30)40-29(39-23)47-18-31-8-5-10-43(31)14-19(2)13-31/h11,24,38,41H,2,4-5,7-10,12-18,37H2,1H3/t24?,30?,31-/m0/s1. The molecule has 258 valence electrons.